The molecular weight excluding hydrogens is 306 g/mol. The maximum atomic E-state index is 12.2. The van der Waals surface area contributed by atoms with Crippen molar-refractivity contribution in [3.8, 4) is 11.5 Å². The fourth-order valence-corrected chi connectivity index (χ4v) is 5.51. The Bertz CT molecular complexity index is 675. The molecule has 2 aliphatic rings. The molecule has 7 heteroatoms. The minimum Gasteiger partial charge on any atom is -0.454 e. The highest BCUT2D eigenvalue weighted by molar-refractivity contribution is 7.91. The van der Waals surface area contributed by atoms with Gasteiger partial charge >= 0.3 is 0 Å². The summed E-state index contributed by atoms with van der Waals surface area (Å²) in [6, 6.07) is 5.56. The van der Waals surface area contributed by atoms with Gasteiger partial charge in [-0.1, -0.05) is 6.07 Å². The zero-order chi connectivity index (χ0) is 16.0. The monoisotopic (exact) mass is 327 g/mol. The molecule has 1 aliphatic heterocycles. The van der Waals surface area contributed by atoms with Crippen molar-refractivity contribution >= 4 is 9.84 Å². The Balaban J connectivity index is 1.96. The molecule has 1 aliphatic carbocycles. The number of rotatable bonds is 6. The molecule has 122 valence electrons. The first-order valence-corrected chi connectivity index (χ1v) is 9.25. The predicted octanol–water partition coefficient (Wildman–Crippen LogP) is 0.907. The molecule has 0 saturated heterocycles. The summed E-state index contributed by atoms with van der Waals surface area (Å²) < 4.78 is 40.6. The van der Waals surface area contributed by atoms with Gasteiger partial charge < -0.3 is 19.9 Å². The van der Waals surface area contributed by atoms with Crippen molar-refractivity contribution in [2.75, 3.05) is 32.8 Å². The highest BCUT2D eigenvalue weighted by Gasteiger charge is 2.69. The lowest BCUT2D eigenvalue weighted by atomic mass is 9.99. The van der Waals surface area contributed by atoms with Crippen molar-refractivity contribution in [1.29, 1.82) is 0 Å². The minimum atomic E-state index is -3.22. The van der Waals surface area contributed by atoms with Gasteiger partial charge in [-0.3, -0.25) is 0 Å². The summed E-state index contributed by atoms with van der Waals surface area (Å²) in [5, 5.41) is -0.517. The average Bonchev–Trinajstić information content (AvgIpc) is 2.94. The van der Waals surface area contributed by atoms with Gasteiger partial charge in [0.25, 0.3) is 0 Å². The summed E-state index contributed by atoms with van der Waals surface area (Å²) in [6.45, 7) is 3.23. The summed E-state index contributed by atoms with van der Waals surface area (Å²) in [5.41, 5.74) is 6.29. The number of nitrogens with two attached hydrogens (primary N) is 1. The molecule has 1 fully saturated rings. The third-order valence-corrected chi connectivity index (χ3v) is 6.22. The van der Waals surface area contributed by atoms with E-state index in [0.29, 0.717) is 24.7 Å². The van der Waals surface area contributed by atoms with Gasteiger partial charge in [0, 0.05) is 30.7 Å². The Morgan fingerprint density at radius 3 is 2.73 bits per heavy atom. The Morgan fingerprint density at radius 1 is 1.36 bits per heavy atom. The molecule has 0 bridgehead atoms. The second kappa shape index (κ2) is 5.40. The average molecular weight is 327 g/mol. The van der Waals surface area contributed by atoms with Crippen molar-refractivity contribution in [1.82, 2.24) is 0 Å². The van der Waals surface area contributed by atoms with Crippen LogP contribution in [0.3, 0.4) is 0 Å². The first kappa shape index (κ1) is 15.6. The van der Waals surface area contributed by atoms with Crippen molar-refractivity contribution < 1.29 is 22.6 Å². The molecule has 0 spiro atoms. The van der Waals surface area contributed by atoms with E-state index < -0.39 is 20.5 Å². The molecule has 1 aromatic carbocycles. The van der Waals surface area contributed by atoms with Crippen LogP contribution in [0.1, 0.15) is 18.4 Å². The first-order chi connectivity index (χ1) is 10.4. The van der Waals surface area contributed by atoms with Gasteiger partial charge in [-0.25, -0.2) is 8.42 Å². The largest absolute Gasteiger partial charge is 0.454 e. The molecule has 6 nitrogen and oxygen atoms in total. The van der Waals surface area contributed by atoms with Crippen molar-refractivity contribution in [3.63, 3.8) is 0 Å². The first-order valence-electron chi connectivity index (χ1n) is 7.30. The Hall–Kier alpha value is -1.31. The number of hydrogen-bond donors (Lipinski definition) is 1. The van der Waals surface area contributed by atoms with Crippen LogP contribution in [-0.4, -0.2) is 46.5 Å². The van der Waals surface area contributed by atoms with Crippen LogP contribution in [-0.2, 0) is 14.6 Å². The maximum absolute atomic E-state index is 12.2. The summed E-state index contributed by atoms with van der Waals surface area (Å²) in [6.07, 6.45) is 1.26. The van der Waals surface area contributed by atoms with Crippen LogP contribution in [0.4, 0.5) is 0 Å². The molecule has 22 heavy (non-hydrogen) atoms. The van der Waals surface area contributed by atoms with Gasteiger partial charge in [-0.05, 0) is 24.6 Å². The van der Waals surface area contributed by atoms with Gasteiger partial charge in [0.15, 0.2) is 21.3 Å². The number of sulfone groups is 1. The zero-order valence-corrected chi connectivity index (χ0v) is 13.6. The third-order valence-electron chi connectivity index (χ3n) is 4.55. The van der Waals surface area contributed by atoms with Gasteiger partial charge in [0.2, 0.25) is 6.79 Å². The molecule has 3 rings (SSSR count). The van der Waals surface area contributed by atoms with Crippen LogP contribution in [0.25, 0.3) is 0 Å². The van der Waals surface area contributed by atoms with Crippen LogP contribution in [0.15, 0.2) is 18.2 Å². The van der Waals surface area contributed by atoms with E-state index in [-0.39, 0.29) is 19.3 Å². The molecule has 2 N–H and O–H groups in total. The lowest BCUT2D eigenvalue weighted by molar-refractivity contribution is 0.101. The second-order valence-electron chi connectivity index (χ2n) is 5.91. The minimum absolute atomic E-state index is 0.173. The van der Waals surface area contributed by atoms with Crippen LogP contribution in [0.2, 0.25) is 0 Å². The van der Waals surface area contributed by atoms with Crippen LogP contribution < -0.4 is 15.2 Å². The molecule has 0 amide bonds. The van der Waals surface area contributed by atoms with Crippen molar-refractivity contribution in [2.45, 2.75) is 18.1 Å². The predicted molar refractivity (Wildman–Crippen MR) is 81.9 cm³/mol. The highest BCUT2D eigenvalue weighted by atomic mass is 32.2. The van der Waals surface area contributed by atoms with E-state index in [2.05, 4.69) is 0 Å². The number of fused-ring (bicyclic) bond motifs is 1. The fourth-order valence-electron chi connectivity index (χ4n) is 3.51. The molecule has 1 saturated carbocycles. The van der Waals surface area contributed by atoms with Gasteiger partial charge in [-0.15, -0.1) is 0 Å². The van der Waals surface area contributed by atoms with Gasteiger partial charge in [-0.2, -0.15) is 0 Å². The lowest BCUT2D eigenvalue weighted by Gasteiger charge is -2.15. The van der Waals surface area contributed by atoms with Crippen molar-refractivity contribution in [3.05, 3.63) is 23.8 Å². The van der Waals surface area contributed by atoms with E-state index in [9.17, 15) is 8.42 Å². The number of benzene rings is 1. The van der Waals surface area contributed by atoms with E-state index in [1.807, 2.05) is 25.1 Å². The Kier molecular flexibility index (Phi) is 3.82. The van der Waals surface area contributed by atoms with E-state index in [0.717, 1.165) is 5.56 Å². The molecule has 3 atom stereocenters. The summed E-state index contributed by atoms with van der Waals surface area (Å²) in [7, 11) is -3.22. The lowest BCUT2D eigenvalue weighted by Crippen LogP contribution is -2.28. The third kappa shape index (κ3) is 2.37. The summed E-state index contributed by atoms with van der Waals surface area (Å²) in [4.78, 5) is 0. The van der Waals surface area contributed by atoms with Gasteiger partial charge in [0.1, 0.15) is 0 Å². The molecular formula is C15H21NO5S. The summed E-state index contributed by atoms with van der Waals surface area (Å²) in [5.74, 6) is 1.16. The molecule has 0 aromatic heterocycles. The molecule has 1 aromatic rings. The molecule has 0 unspecified atom stereocenters. The standard InChI is InChI=1S/C15H21NO5S/c1-3-19-8-15(7-16)13(14(15)22(2,17)18)10-4-5-11-12(6-10)21-9-20-11/h4-6,13-14H,3,7-9,16H2,1-2H3/t13-,14+,15+/m1/s1. The van der Waals surface area contributed by atoms with E-state index >= 15 is 0 Å². The molecule has 1 heterocycles. The topological polar surface area (TPSA) is 87.8 Å². The van der Waals surface area contributed by atoms with E-state index in [1.165, 1.54) is 6.26 Å². The number of hydrogen-bond acceptors (Lipinski definition) is 6. The van der Waals surface area contributed by atoms with Crippen LogP contribution >= 0.6 is 0 Å². The van der Waals surface area contributed by atoms with Gasteiger partial charge in [0.05, 0.1) is 11.9 Å². The summed E-state index contributed by atoms with van der Waals surface area (Å²) >= 11 is 0. The Morgan fingerprint density at radius 2 is 2.09 bits per heavy atom. The SMILES string of the molecule is CCOC[C@@]1(CN)[C@H](c2ccc3c(c2)OCO3)[C@@H]1S(C)(=O)=O. The zero-order valence-electron chi connectivity index (χ0n) is 12.7. The van der Waals surface area contributed by atoms with E-state index in [1.54, 1.807) is 0 Å². The number of ether oxygens (including phenoxy) is 3. The highest BCUT2D eigenvalue weighted by Crippen LogP contribution is 2.63. The fraction of sp³-hybridized carbons (Fsp3) is 0.600. The smallest absolute Gasteiger partial charge is 0.231 e. The van der Waals surface area contributed by atoms with Crippen LogP contribution in [0.5, 0.6) is 11.5 Å². The Labute approximate surface area is 130 Å². The normalized spacial score (nSPS) is 29.6. The van der Waals surface area contributed by atoms with Crippen LogP contribution in [0, 0.1) is 5.41 Å². The molecule has 0 radical (unpaired) electrons. The quantitative estimate of drug-likeness (QED) is 0.835. The second-order valence-corrected chi connectivity index (χ2v) is 8.08. The maximum Gasteiger partial charge on any atom is 0.231 e. The van der Waals surface area contributed by atoms with E-state index in [4.69, 9.17) is 19.9 Å². The van der Waals surface area contributed by atoms with Crippen molar-refractivity contribution in [2.24, 2.45) is 11.1 Å².